The summed E-state index contributed by atoms with van der Waals surface area (Å²) in [6.07, 6.45) is 0. The van der Waals surface area contributed by atoms with Crippen LogP contribution in [0.1, 0.15) is 24.1 Å². The van der Waals surface area contributed by atoms with Gasteiger partial charge in [0.2, 0.25) is 0 Å². The van der Waals surface area contributed by atoms with Crippen LogP contribution in [0.3, 0.4) is 0 Å². The predicted octanol–water partition coefficient (Wildman–Crippen LogP) is 4.19. The Morgan fingerprint density at radius 2 is 2.00 bits per heavy atom. The highest BCUT2D eigenvalue weighted by Crippen LogP contribution is 2.31. The van der Waals surface area contributed by atoms with Crippen molar-refractivity contribution in [3.05, 3.63) is 64.4 Å². The van der Waals surface area contributed by atoms with Crippen LogP contribution in [0.2, 0.25) is 5.02 Å². The van der Waals surface area contributed by atoms with Crippen LogP contribution in [0.4, 0.5) is 4.39 Å². The fraction of sp³-hybridized carbons (Fsp3) is 0.250. The largest absolute Gasteiger partial charge is 0.494 e. The first-order valence-corrected chi connectivity index (χ1v) is 6.89. The minimum atomic E-state index is -0.412. The lowest BCUT2D eigenvalue weighted by molar-refractivity contribution is 0.339. The third-order valence-corrected chi connectivity index (χ3v) is 3.48. The molecule has 1 N–H and O–H groups in total. The molecule has 0 saturated heterocycles. The van der Waals surface area contributed by atoms with E-state index in [0.717, 1.165) is 11.3 Å². The van der Waals surface area contributed by atoms with Gasteiger partial charge in [-0.05, 0) is 43.3 Å². The van der Waals surface area contributed by atoms with Crippen molar-refractivity contribution in [1.29, 1.82) is 0 Å². The van der Waals surface area contributed by atoms with Gasteiger partial charge in [0.25, 0.3) is 0 Å². The maximum Gasteiger partial charge on any atom is 0.142 e. The maximum atomic E-state index is 13.6. The molecule has 2 rings (SSSR count). The van der Waals surface area contributed by atoms with Gasteiger partial charge in [-0.3, -0.25) is 0 Å². The van der Waals surface area contributed by atoms with Gasteiger partial charge < -0.3 is 10.1 Å². The van der Waals surface area contributed by atoms with Crippen molar-refractivity contribution in [2.24, 2.45) is 0 Å². The Labute approximate surface area is 123 Å². The summed E-state index contributed by atoms with van der Waals surface area (Å²) in [5.74, 6) is 0.378. The standard InChI is InChI=1S/C16H17ClFNO/c1-3-20-12-7-4-6-11(10-12)16(19-2)13-8-5-9-14(18)15(13)17/h4-10,16,19H,3H2,1-2H3. The molecular weight excluding hydrogens is 277 g/mol. The minimum absolute atomic E-state index is 0.147. The van der Waals surface area contributed by atoms with E-state index >= 15 is 0 Å². The van der Waals surface area contributed by atoms with Crippen LogP contribution in [0.15, 0.2) is 42.5 Å². The molecule has 0 bridgehead atoms. The average molecular weight is 294 g/mol. The van der Waals surface area contributed by atoms with Crippen LogP contribution in [0, 0.1) is 5.82 Å². The summed E-state index contributed by atoms with van der Waals surface area (Å²) in [4.78, 5) is 0. The van der Waals surface area contributed by atoms with Crippen LogP contribution in [0.25, 0.3) is 0 Å². The Morgan fingerprint density at radius 1 is 1.25 bits per heavy atom. The molecule has 2 nitrogen and oxygen atoms in total. The molecule has 0 fully saturated rings. The Morgan fingerprint density at radius 3 is 2.70 bits per heavy atom. The zero-order chi connectivity index (χ0) is 14.5. The first-order chi connectivity index (χ1) is 9.67. The van der Waals surface area contributed by atoms with Gasteiger partial charge in [0.15, 0.2) is 0 Å². The molecule has 0 saturated carbocycles. The van der Waals surface area contributed by atoms with Crippen molar-refractivity contribution >= 4 is 11.6 Å². The molecule has 4 heteroatoms. The van der Waals surface area contributed by atoms with E-state index < -0.39 is 5.82 Å². The normalized spacial score (nSPS) is 12.2. The molecule has 0 aromatic heterocycles. The highest BCUT2D eigenvalue weighted by molar-refractivity contribution is 6.31. The smallest absolute Gasteiger partial charge is 0.142 e. The SMILES string of the molecule is CCOc1cccc(C(NC)c2cccc(F)c2Cl)c1. The van der Waals surface area contributed by atoms with E-state index in [1.807, 2.05) is 44.3 Å². The first-order valence-electron chi connectivity index (χ1n) is 6.51. The van der Waals surface area contributed by atoms with Gasteiger partial charge in [0.1, 0.15) is 11.6 Å². The van der Waals surface area contributed by atoms with Crippen LogP contribution >= 0.6 is 11.6 Å². The van der Waals surface area contributed by atoms with Crippen LogP contribution < -0.4 is 10.1 Å². The predicted molar refractivity (Wildman–Crippen MR) is 79.9 cm³/mol. The molecule has 0 radical (unpaired) electrons. The number of rotatable bonds is 5. The van der Waals surface area contributed by atoms with Crippen molar-refractivity contribution in [3.63, 3.8) is 0 Å². The van der Waals surface area contributed by atoms with Gasteiger partial charge >= 0.3 is 0 Å². The zero-order valence-corrected chi connectivity index (χ0v) is 12.2. The highest BCUT2D eigenvalue weighted by Gasteiger charge is 2.17. The van der Waals surface area contributed by atoms with Gasteiger partial charge in [0.05, 0.1) is 17.7 Å². The second kappa shape index (κ2) is 6.73. The van der Waals surface area contributed by atoms with Crippen LogP contribution in [-0.2, 0) is 0 Å². The third kappa shape index (κ3) is 3.11. The topological polar surface area (TPSA) is 21.3 Å². The first kappa shape index (κ1) is 14.8. The number of nitrogens with one attached hydrogen (secondary N) is 1. The van der Waals surface area contributed by atoms with Crippen molar-refractivity contribution in [1.82, 2.24) is 5.32 Å². The van der Waals surface area contributed by atoms with E-state index in [0.29, 0.717) is 12.2 Å². The summed E-state index contributed by atoms with van der Waals surface area (Å²) in [6, 6.07) is 12.4. The minimum Gasteiger partial charge on any atom is -0.494 e. The highest BCUT2D eigenvalue weighted by atomic mass is 35.5. The number of benzene rings is 2. The number of hydrogen-bond acceptors (Lipinski definition) is 2. The molecular formula is C16H17ClFNO. The molecule has 0 aliphatic carbocycles. The van der Waals surface area contributed by atoms with Crippen LogP contribution in [0.5, 0.6) is 5.75 Å². The molecule has 0 spiro atoms. The zero-order valence-electron chi connectivity index (χ0n) is 11.5. The summed E-state index contributed by atoms with van der Waals surface area (Å²) in [5.41, 5.74) is 1.69. The molecule has 0 aliphatic rings. The van der Waals surface area contributed by atoms with Crippen molar-refractivity contribution in [2.75, 3.05) is 13.7 Å². The molecule has 2 aromatic rings. The Hall–Kier alpha value is -1.58. The Kier molecular flexibility index (Phi) is 4.99. The lowest BCUT2D eigenvalue weighted by atomic mass is 9.98. The van der Waals surface area contributed by atoms with E-state index in [4.69, 9.17) is 16.3 Å². The molecule has 0 heterocycles. The fourth-order valence-electron chi connectivity index (χ4n) is 2.20. The fourth-order valence-corrected chi connectivity index (χ4v) is 2.43. The van der Waals surface area contributed by atoms with E-state index in [1.54, 1.807) is 6.07 Å². The lowest BCUT2D eigenvalue weighted by Crippen LogP contribution is -2.18. The number of hydrogen-bond donors (Lipinski definition) is 1. The second-order valence-corrected chi connectivity index (χ2v) is 4.75. The lowest BCUT2D eigenvalue weighted by Gasteiger charge is -2.19. The van der Waals surface area contributed by atoms with E-state index in [-0.39, 0.29) is 11.1 Å². The molecule has 20 heavy (non-hydrogen) atoms. The second-order valence-electron chi connectivity index (χ2n) is 4.37. The molecule has 0 aliphatic heterocycles. The monoisotopic (exact) mass is 293 g/mol. The van der Waals surface area contributed by atoms with Gasteiger partial charge in [-0.1, -0.05) is 35.9 Å². The van der Waals surface area contributed by atoms with E-state index in [9.17, 15) is 4.39 Å². The summed E-state index contributed by atoms with van der Waals surface area (Å²) in [5, 5.41) is 3.31. The molecule has 106 valence electrons. The van der Waals surface area contributed by atoms with Crippen molar-refractivity contribution in [2.45, 2.75) is 13.0 Å². The summed E-state index contributed by atoms with van der Waals surface area (Å²) >= 11 is 6.07. The van der Waals surface area contributed by atoms with Gasteiger partial charge in [-0.25, -0.2) is 4.39 Å². The summed E-state index contributed by atoms with van der Waals surface area (Å²) in [7, 11) is 1.82. The third-order valence-electron chi connectivity index (χ3n) is 3.08. The Balaban J connectivity index is 2.41. The molecule has 1 unspecified atom stereocenters. The van der Waals surface area contributed by atoms with Crippen molar-refractivity contribution in [3.8, 4) is 5.75 Å². The van der Waals surface area contributed by atoms with E-state index in [1.165, 1.54) is 6.07 Å². The van der Waals surface area contributed by atoms with Gasteiger partial charge in [-0.2, -0.15) is 0 Å². The molecule has 1 atom stereocenters. The maximum absolute atomic E-state index is 13.6. The van der Waals surface area contributed by atoms with Crippen LogP contribution in [-0.4, -0.2) is 13.7 Å². The number of ether oxygens (including phenoxy) is 1. The molecule has 0 amide bonds. The average Bonchev–Trinajstić information content (AvgIpc) is 2.45. The van der Waals surface area contributed by atoms with Crippen molar-refractivity contribution < 1.29 is 9.13 Å². The summed E-state index contributed by atoms with van der Waals surface area (Å²) < 4.78 is 19.1. The quantitative estimate of drug-likeness (QED) is 0.892. The van der Waals surface area contributed by atoms with Gasteiger partial charge in [0, 0.05) is 0 Å². The van der Waals surface area contributed by atoms with E-state index in [2.05, 4.69) is 5.32 Å². The molecule has 2 aromatic carbocycles. The number of halogens is 2. The van der Waals surface area contributed by atoms with Gasteiger partial charge in [-0.15, -0.1) is 0 Å². The summed E-state index contributed by atoms with van der Waals surface area (Å²) in [6.45, 7) is 2.54. The Bertz CT molecular complexity index is 588.